The van der Waals surface area contributed by atoms with Crippen LogP contribution in [0.3, 0.4) is 0 Å². The summed E-state index contributed by atoms with van der Waals surface area (Å²) in [6.07, 6.45) is 6.46. The summed E-state index contributed by atoms with van der Waals surface area (Å²) in [5.74, 6) is 2.02. The van der Waals surface area contributed by atoms with Gasteiger partial charge in [0.05, 0.1) is 24.7 Å². The molecule has 1 aromatic heterocycles. The van der Waals surface area contributed by atoms with Crippen LogP contribution in [-0.2, 0) is 13.1 Å². The zero-order chi connectivity index (χ0) is 14.7. The lowest BCUT2D eigenvalue weighted by Crippen LogP contribution is -2.27. The predicted molar refractivity (Wildman–Crippen MR) is 85.7 cm³/mol. The van der Waals surface area contributed by atoms with Gasteiger partial charge in [0, 0.05) is 18.7 Å². The van der Waals surface area contributed by atoms with Crippen molar-refractivity contribution in [2.45, 2.75) is 58.2 Å². The minimum atomic E-state index is 0.675. The fraction of sp³-hybridized carbons (Fsp3) is 0.588. The lowest BCUT2D eigenvalue weighted by molar-refractivity contribution is 0.415. The molecule has 3 rings (SSSR count). The third-order valence-electron chi connectivity index (χ3n) is 4.39. The summed E-state index contributed by atoms with van der Waals surface area (Å²) in [4.78, 5) is 4.82. The quantitative estimate of drug-likeness (QED) is 0.884. The Hall–Kier alpha value is -1.55. The highest BCUT2D eigenvalue weighted by atomic mass is 16.5. The third kappa shape index (κ3) is 3.05. The molecule has 4 heteroatoms. The molecule has 0 radical (unpaired) electrons. The summed E-state index contributed by atoms with van der Waals surface area (Å²) in [5.41, 5.74) is 2.24. The van der Waals surface area contributed by atoms with Crippen LogP contribution in [0.5, 0.6) is 5.75 Å². The van der Waals surface area contributed by atoms with Crippen LogP contribution < -0.4 is 10.1 Å². The molecular weight excluding hydrogens is 262 g/mol. The predicted octanol–water partition coefficient (Wildman–Crippen LogP) is 3.49. The van der Waals surface area contributed by atoms with Crippen molar-refractivity contribution < 1.29 is 4.74 Å². The van der Waals surface area contributed by atoms with Crippen LogP contribution in [0.4, 0.5) is 0 Å². The summed E-state index contributed by atoms with van der Waals surface area (Å²) in [6.45, 7) is 4.09. The molecule has 0 aliphatic heterocycles. The van der Waals surface area contributed by atoms with Gasteiger partial charge >= 0.3 is 0 Å². The van der Waals surface area contributed by atoms with Crippen LogP contribution in [0, 0.1) is 0 Å². The normalized spacial score (nSPS) is 15.9. The average Bonchev–Trinajstić information content (AvgIpc) is 3.13. The van der Waals surface area contributed by atoms with E-state index in [0.717, 1.165) is 36.6 Å². The molecule has 114 valence electrons. The molecule has 2 aromatic rings. The minimum absolute atomic E-state index is 0.675. The molecule has 1 N–H and O–H groups in total. The van der Waals surface area contributed by atoms with E-state index in [1.807, 2.05) is 12.1 Å². The zero-order valence-corrected chi connectivity index (χ0v) is 13.1. The summed E-state index contributed by atoms with van der Waals surface area (Å²) >= 11 is 0. The number of imidazole rings is 1. The fourth-order valence-electron chi connectivity index (χ4n) is 3.26. The Morgan fingerprint density at radius 3 is 2.86 bits per heavy atom. The molecule has 1 aliphatic rings. The highest BCUT2D eigenvalue weighted by Gasteiger charge is 2.16. The Morgan fingerprint density at radius 2 is 2.14 bits per heavy atom. The van der Waals surface area contributed by atoms with Crippen LogP contribution >= 0.6 is 0 Å². The largest absolute Gasteiger partial charge is 0.497 e. The van der Waals surface area contributed by atoms with Gasteiger partial charge in [-0.3, -0.25) is 0 Å². The van der Waals surface area contributed by atoms with Crippen molar-refractivity contribution in [2.75, 3.05) is 7.11 Å². The summed E-state index contributed by atoms with van der Waals surface area (Å²) in [6, 6.07) is 6.84. The molecule has 1 saturated carbocycles. The Morgan fingerprint density at radius 1 is 1.33 bits per heavy atom. The van der Waals surface area contributed by atoms with Crippen LogP contribution in [0.2, 0.25) is 0 Å². The van der Waals surface area contributed by atoms with E-state index < -0.39 is 0 Å². The number of nitrogens with zero attached hydrogens (tertiary/aromatic N) is 2. The van der Waals surface area contributed by atoms with Gasteiger partial charge in [-0.15, -0.1) is 0 Å². The number of hydrogen-bond acceptors (Lipinski definition) is 3. The first-order valence-electron chi connectivity index (χ1n) is 8.08. The summed E-state index contributed by atoms with van der Waals surface area (Å²) < 4.78 is 7.65. The zero-order valence-electron chi connectivity index (χ0n) is 13.1. The Kier molecular flexibility index (Phi) is 4.44. The number of methoxy groups -OCH3 is 1. The number of aromatic nitrogens is 2. The maximum atomic E-state index is 5.31. The molecule has 1 heterocycles. The second-order valence-electron chi connectivity index (χ2n) is 5.90. The second-order valence-corrected chi connectivity index (χ2v) is 5.90. The molecule has 0 atom stereocenters. The molecule has 0 unspecified atom stereocenters. The first-order valence-corrected chi connectivity index (χ1v) is 8.08. The molecule has 4 nitrogen and oxygen atoms in total. The van der Waals surface area contributed by atoms with Crippen LogP contribution in [0.1, 0.15) is 44.9 Å². The standard InChI is InChI=1S/C17H25N3O/c1-3-10-20-16-9-8-14(21-2)11-15(16)19-17(20)12-18-13-6-4-5-7-13/h8-9,11,13,18H,3-7,10,12H2,1-2H3. The van der Waals surface area contributed by atoms with Crippen molar-refractivity contribution in [1.82, 2.24) is 14.9 Å². The highest BCUT2D eigenvalue weighted by molar-refractivity contribution is 5.77. The van der Waals surface area contributed by atoms with Crippen LogP contribution in [0.25, 0.3) is 11.0 Å². The number of ether oxygens (including phenoxy) is 1. The monoisotopic (exact) mass is 287 g/mol. The maximum Gasteiger partial charge on any atom is 0.123 e. The van der Waals surface area contributed by atoms with Gasteiger partial charge in [-0.2, -0.15) is 0 Å². The van der Waals surface area contributed by atoms with Crippen molar-refractivity contribution in [3.63, 3.8) is 0 Å². The lowest BCUT2D eigenvalue weighted by atomic mass is 10.2. The molecule has 1 aliphatic carbocycles. The van der Waals surface area contributed by atoms with E-state index in [1.54, 1.807) is 7.11 Å². The van der Waals surface area contributed by atoms with Gasteiger partial charge < -0.3 is 14.6 Å². The molecule has 0 saturated heterocycles. The number of benzene rings is 1. The van der Waals surface area contributed by atoms with E-state index in [-0.39, 0.29) is 0 Å². The average molecular weight is 287 g/mol. The SMILES string of the molecule is CCCn1c(CNC2CCCC2)nc2cc(OC)ccc21. The molecule has 0 bridgehead atoms. The Labute approximate surface area is 126 Å². The van der Waals surface area contributed by atoms with Gasteiger partial charge in [-0.05, 0) is 31.4 Å². The van der Waals surface area contributed by atoms with E-state index in [4.69, 9.17) is 9.72 Å². The Bertz CT molecular complexity index is 599. The smallest absolute Gasteiger partial charge is 0.123 e. The molecule has 0 amide bonds. The second kappa shape index (κ2) is 6.48. The molecular formula is C17H25N3O. The van der Waals surface area contributed by atoms with E-state index in [0.29, 0.717) is 6.04 Å². The van der Waals surface area contributed by atoms with Gasteiger partial charge in [0.1, 0.15) is 11.6 Å². The van der Waals surface area contributed by atoms with E-state index in [2.05, 4.69) is 22.9 Å². The van der Waals surface area contributed by atoms with Gasteiger partial charge in [0.2, 0.25) is 0 Å². The summed E-state index contributed by atoms with van der Waals surface area (Å²) in [7, 11) is 1.70. The number of hydrogen-bond donors (Lipinski definition) is 1. The minimum Gasteiger partial charge on any atom is -0.497 e. The van der Waals surface area contributed by atoms with Crippen molar-refractivity contribution in [2.24, 2.45) is 0 Å². The van der Waals surface area contributed by atoms with E-state index in [1.165, 1.54) is 31.2 Å². The fourth-order valence-corrected chi connectivity index (χ4v) is 3.26. The van der Waals surface area contributed by atoms with Crippen molar-refractivity contribution in [1.29, 1.82) is 0 Å². The molecule has 21 heavy (non-hydrogen) atoms. The highest BCUT2D eigenvalue weighted by Crippen LogP contribution is 2.23. The number of fused-ring (bicyclic) bond motifs is 1. The van der Waals surface area contributed by atoms with Crippen molar-refractivity contribution >= 4 is 11.0 Å². The van der Waals surface area contributed by atoms with Gasteiger partial charge in [0.25, 0.3) is 0 Å². The van der Waals surface area contributed by atoms with Crippen LogP contribution in [0.15, 0.2) is 18.2 Å². The van der Waals surface area contributed by atoms with Crippen molar-refractivity contribution in [3.8, 4) is 5.75 Å². The molecule has 1 aromatic carbocycles. The maximum absolute atomic E-state index is 5.31. The van der Waals surface area contributed by atoms with Crippen LogP contribution in [-0.4, -0.2) is 22.7 Å². The lowest BCUT2D eigenvalue weighted by Gasteiger charge is -2.13. The van der Waals surface area contributed by atoms with Gasteiger partial charge in [-0.1, -0.05) is 19.8 Å². The third-order valence-corrected chi connectivity index (χ3v) is 4.39. The van der Waals surface area contributed by atoms with E-state index >= 15 is 0 Å². The molecule has 0 spiro atoms. The number of rotatable bonds is 6. The van der Waals surface area contributed by atoms with Gasteiger partial charge in [-0.25, -0.2) is 4.98 Å². The first kappa shape index (κ1) is 14.4. The summed E-state index contributed by atoms with van der Waals surface area (Å²) in [5, 5.41) is 3.67. The number of aryl methyl sites for hydroxylation is 1. The molecule has 1 fully saturated rings. The Balaban J connectivity index is 1.86. The number of nitrogens with one attached hydrogen (secondary N) is 1. The first-order chi connectivity index (χ1) is 10.3. The topological polar surface area (TPSA) is 39.1 Å². The van der Waals surface area contributed by atoms with E-state index in [9.17, 15) is 0 Å². The van der Waals surface area contributed by atoms with Gasteiger partial charge in [0.15, 0.2) is 0 Å². The van der Waals surface area contributed by atoms with Crippen molar-refractivity contribution in [3.05, 3.63) is 24.0 Å².